The van der Waals surface area contributed by atoms with Gasteiger partial charge in [-0.05, 0) is 43.0 Å². The Bertz CT molecular complexity index is 1080. The standard InChI is InChI=1S/C24H29NO6S2/c1-24(2,3)33(29,30)13-12-32-15-21(22(26)27)25-23(28)31-14-20-18-10-6-4-8-16(18)17-9-5-7-11-19(17)20/h4-11,20-21H,12-15H2,1-3H3,(H,25,28)(H,26,27). The Hall–Kier alpha value is -2.52. The van der Waals surface area contributed by atoms with Gasteiger partial charge >= 0.3 is 12.1 Å². The minimum absolute atomic E-state index is 0.0409. The van der Waals surface area contributed by atoms with Crippen molar-refractivity contribution in [1.82, 2.24) is 5.32 Å². The third-order valence-corrected chi connectivity index (χ3v) is 9.58. The van der Waals surface area contributed by atoms with Crippen molar-refractivity contribution in [1.29, 1.82) is 0 Å². The molecule has 7 nitrogen and oxygen atoms in total. The van der Waals surface area contributed by atoms with Crippen molar-refractivity contribution >= 4 is 33.7 Å². The van der Waals surface area contributed by atoms with Crippen molar-refractivity contribution in [3.8, 4) is 11.1 Å². The Morgan fingerprint density at radius 1 is 1.06 bits per heavy atom. The first-order valence-electron chi connectivity index (χ1n) is 10.7. The summed E-state index contributed by atoms with van der Waals surface area (Å²) in [6.07, 6.45) is -0.813. The number of ether oxygens (including phenoxy) is 1. The number of hydrogen-bond donors (Lipinski definition) is 2. The molecule has 1 unspecified atom stereocenters. The minimum Gasteiger partial charge on any atom is -0.480 e. The number of carboxylic acid groups (broad SMARTS) is 1. The smallest absolute Gasteiger partial charge is 0.407 e. The van der Waals surface area contributed by atoms with E-state index in [1.165, 1.54) is 11.8 Å². The molecule has 0 bridgehead atoms. The van der Waals surface area contributed by atoms with Gasteiger partial charge in [0.1, 0.15) is 12.6 Å². The monoisotopic (exact) mass is 491 g/mol. The molecule has 0 saturated carbocycles. The molecule has 1 amide bonds. The number of carbonyl (C=O) groups is 2. The van der Waals surface area contributed by atoms with E-state index >= 15 is 0 Å². The highest BCUT2D eigenvalue weighted by atomic mass is 32.2. The Kier molecular flexibility index (Phi) is 7.74. The molecule has 0 spiro atoms. The highest BCUT2D eigenvalue weighted by Crippen LogP contribution is 2.44. The van der Waals surface area contributed by atoms with Crippen LogP contribution >= 0.6 is 11.8 Å². The Morgan fingerprint density at radius 3 is 2.12 bits per heavy atom. The average Bonchev–Trinajstić information content (AvgIpc) is 3.07. The molecule has 33 heavy (non-hydrogen) atoms. The maximum Gasteiger partial charge on any atom is 0.407 e. The van der Waals surface area contributed by atoms with Crippen molar-refractivity contribution in [2.45, 2.75) is 37.5 Å². The largest absolute Gasteiger partial charge is 0.480 e. The van der Waals surface area contributed by atoms with Gasteiger partial charge in [0.05, 0.1) is 10.5 Å². The molecule has 3 rings (SSSR count). The van der Waals surface area contributed by atoms with Gasteiger partial charge in [0.2, 0.25) is 0 Å². The summed E-state index contributed by atoms with van der Waals surface area (Å²) >= 11 is 1.17. The first-order chi connectivity index (χ1) is 15.5. The molecule has 0 saturated heterocycles. The number of carboxylic acids is 1. The van der Waals surface area contributed by atoms with E-state index in [-0.39, 0.29) is 29.8 Å². The van der Waals surface area contributed by atoms with E-state index in [1.807, 2.05) is 48.5 Å². The van der Waals surface area contributed by atoms with Crippen LogP contribution in [0.1, 0.15) is 37.8 Å². The predicted molar refractivity (Wildman–Crippen MR) is 130 cm³/mol. The van der Waals surface area contributed by atoms with Crippen LogP contribution in [0, 0.1) is 0 Å². The molecule has 2 aromatic carbocycles. The summed E-state index contributed by atoms with van der Waals surface area (Å²) in [6.45, 7) is 4.98. The van der Waals surface area contributed by atoms with E-state index < -0.39 is 32.7 Å². The summed E-state index contributed by atoms with van der Waals surface area (Å²) < 4.78 is 28.9. The highest BCUT2D eigenvalue weighted by molar-refractivity contribution is 8.00. The lowest BCUT2D eigenvalue weighted by Crippen LogP contribution is -2.43. The van der Waals surface area contributed by atoms with Gasteiger partial charge < -0.3 is 15.2 Å². The zero-order valence-electron chi connectivity index (χ0n) is 18.9. The number of benzene rings is 2. The van der Waals surface area contributed by atoms with Crippen LogP contribution in [-0.4, -0.2) is 60.2 Å². The molecular weight excluding hydrogens is 462 g/mol. The summed E-state index contributed by atoms with van der Waals surface area (Å²) in [5.41, 5.74) is 4.34. The number of nitrogens with one attached hydrogen (secondary N) is 1. The van der Waals surface area contributed by atoms with Crippen LogP contribution in [0.5, 0.6) is 0 Å². The Labute approximate surface area is 198 Å². The second-order valence-corrected chi connectivity index (χ2v) is 12.9. The van der Waals surface area contributed by atoms with Gasteiger partial charge in [0.15, 0.2) is 9.84 Å². The SMILES string of the molecule is CC(C)(C)S(=O)(=O)CCSCC(NC(=O)OCC1c2ccccc2-c2ccccc21)C(=O)O. The molecular formula is C24H29NO6S2. The molecule has 0 aliphatic heterocycles. The molecule has 0 fully saturated rings. The molecule has 0 radical (unpaired) electrons. The Balaban J connectivity index is 1.54. The van der Waals surface area contributed by atoms with Crippen LogP contribution in [0.3, 0.4) is 0 Å². The maximum atomic E-state index is 12.4. The number of aliphatic carboxylic acids is 1. The minimum atomic E-state index is -3.29. The third kappa shape index (κ3) is 5.89. The van der Waals surface area contributed by atoms with Crippen LogP contribution in [0.15, 0.2) is 48.5 Å². The van der Waals surface area contributed by atoms with Crippen molar-refractivity contribution in [2.24, 2.45) is 0 Å². The van der Waals surface area contributed by atoms with E-state index in [0.29, 0.717) is 0 Å². The van der Waals surface area contributed by atoms with E-state index in [1.54, 1.807) is 20.8 Å². The van der Waals surface area contributed by atoms with Crippen LogP contribution in [0.2, 0.25) is 0 Å². The van der Waals surface area contributed by atoms with Gasteiger partial charge in [0, 0.05) is 17.4 Å². The Morgan fingerprint density at radius 2 is 1.61 bits per heavy atom. The van der Waals surface area contributed by atoms with Gasteiger partial charge in [-0.1, -0.05) is 48.5 Å². The summed E-state index contributed by atoms with van der Waals surface area (Å²) in [5, 5.41) is 11.8. The molecule has 9 heteroatoms. The fourth-order valence-electron chi connectivity index (χ4n) is 3.63. The number of hydrogen-bond acceptors (Lipinski definition) is 6. The molecule has 0 heterocycles. The lowest BCUT2D eigenvalue weighted by atomic mass is 9.98. The summed E-state index contributed by atoms with van der Waals surface area (Å²) in [4.78, 5) is 23.9. The molecule has 2 N–H and O–H groups in total. The van der Waals surface area contributed by atoms with Crippen molar-refractivity contribution < 1.29 is 27.9 Å². The molecule has 178 valence electrons. The molecule has 1 atom stereocenters. The summed E-state index contributed by atoms with van der Waals surface area (Å²) in [6, 6.07) is 14.7. The van der Waals surface area contributed by atoms with E-state index in [9.17, 15) is 23.1 Å². The number of amides is 1. The molecule has 1 aliphatic carbocycles. The number of fused-ring (bicyclic) bond motifs is 3. The third-order valence-electron chi connectivity index (χ3n) is 5.65. The number of rotatable bonds is 9. The van der Waals surface area contributed by atoms with Gasteiger partial charge in [-0.2, -0.15) is 11.8 Å². The molecule has 2 aromatic rings. The maximum absolute atomic E-state index is 12.4. The van der Waals surface area contributed by atoms with Crippen LogP contribution in [-0.2, 0) is 19.4 Å². The quantitative estimate of drug-likeness (QED) is 0.512. The van der Waals surface area contributed by atoms with Gasteiger partial charge in [-0.15, -0.1) is 0 Å². The fourth-order valence-corrected chi connectivity index (χ4v) is 6.22. The zero-order chi connectivity index (χ0) is 24.2. The lowest BCUT2D eigenvalue weighted by Gasteiger charge is -2.19. The van der Waals surface area contributed by atoms with Crippen molar-refractivity contribution in [3.05, 3.63) is 59.7 Å². The van der Waals surface area contributed by atoms with Crippen molar-refractivity contribution in [3.63, 3.8) is 0 Å². The van der Waals surface area contributed by atoms with E-state index in [0.717, 1.165) is 22.3 Å². The van der Waals surface area contributed by atoms with Crippen LogP contribution in [0.25, 0.3) is 11.1 Å². The van der Waals surface area contributed by atoms with Crippen molar-refractivity contribution in [2.75, 3.05) is 23.9 Å². The van der Waals surface area contributed by atoms with E-state index in [2.05, 4.69) is 5.32 Å². The fraction of sp³-hybridized carbons (Fsp3) is 0.417. The predicted octanol–water partition coefficient (Wildman–Crippen LogP) is 3.92. The number of carbonyl (C=O) groups excluding carboxylic acids is 1. The van der Waals surface area contributed by atoms with Gasteiger partial charge in [-0.3, -0.25) is 0 Å². The number of thioether (sulfide) groups is 1. The average molecular weight is 492 g/mol. The lowest BCUT2D eigenvalue weighted by molar-refractivity contribution is -0.138. The van der Waals surface area contributed by atoms with Crippen LogP contribution in [0.4, 0.5) is 4.79 Å². The highest BCUT2D eigenvalue weighted by Gasteiger charge is 2.30. The topological polar surface area (TPSA) is 110 Å². The first-order valence-corrected chi connectivity index (χ1v) is 13.5. The second kappa shape index (κ2) is 10.2. The van der Waals surface area contributed by atoms with Crippen LogP contribution < -0.4 is 5.32 Å². The summed E-state index contributed by atoms with van der Waals surface area (Å²) in [7, 11) is -3.29. The number of alkyl carbamates (subject to hydrolysis) is 1. The first kappa shape index (κ1) is 25.1. The van der Waals surface area contributed by atoms with Gasteiger partial charge in [0.25, 0.3) is 0 Å². The van der Waals surface area contributed by atoms with E-state index in [4.69, 9.17) is 4.74 Å². The second-order valence-electron chi connectivity index (χ2n) is 8.87. The summed E-state index contributed by atoms with van der Waals surface area (Å²) in [5.74, 6) is -1.09. The zero-order valence-corrected chi connectivity index (χ0v) is 20.5. The number of sulfone groups is 1. The van der Waals surface area contributed by atoms with Gasteiger partial charge in [-0.25, -0.2) is 18.0 Å². The molecule has 1 aliphatic rings. The normalized spacial score (nSPS) is 14.3. The molecule has 0 aromatic heterocycles.